The summed E-state index contributed by atoms with van der Waals surface area (Å²) in [5.41, 5.74) is 1.20. The highest BCUT2D eigenvalue weighted by Gasteiger charge is 2.17. The van der Waals surface area contributed by atoms with Gasteiger partial charge in [-0.1, -0.05) is 6.07 Å². The molecule has 29 heavy (non-hydrogen) atoms. The molecule has 1 aliphatic heterocycles. The summed E-state index contributed by atoms with van der Waals surface area (Å²) in [6.07, 6.45) is 0. The van der Waals surface area contributed by atoms with Gasteiger partial charge in [-0.25, -0.2) is 0 Å². The van der Waals surface area contributed by atoms with Crippen LogP contribution in [-0.2, 0) is 17.8 Å². The highest BCUT2D eigenvalue weighted by atomic mass is 32.1. The number of rotatable bonds is 7. The van der Waals surface area contributed by atoms with Gasteiger partial charge in [0.2, 0.25) is 6.79 Å². The predicted molar refractivity (Wildman–Crippen MR) is 117 cm³/mol. The summed E-state index contributed by atoms with van der Waals surface area (Å²) >= 11 is 7.24. The number of methoxy groups -OCH3 is 1. The van der Waals surface area contributed by atoms with Gasteiger partial charge in [-0.15, -0.1) is 11.3 Å². The van der Waals surface area contributed by atoms with Crippen LogP contribution in [0, 0.1) is 0 Å². The molecule has 0 radical (unpaired) electrons. The molecule has 0 atom stereocenters. The Hall–Kier alpha value is -2.62. The van der Waals surface area contributed by atoms with Crippen molar-refractivity contribution in [1.29, 1.82) is 0 Å². The molecule has 7 nitrogen and oxygen atoms in total. The number of hydrogen-bond acceptors (Lipinski definition) is 6. The second-order valence-electron chi connectivity index (χ2n) is 6.58. The summed E-state index contributed by atoms with van der Waals surface area (Å²) in [6.45, 7) is 2.36. The van der Waals surface area contributed by atoms with Crippen molar-refractivity contribution in [3.63, 3.8) is 0 Å². The molecule has 0 bridgehead atoms. The zero-order valence-corrected chi connectivity index (χ0v) is 17.5. The van der Waals surface area contributed by atoms with Crippen LogP contribution < -0.4 is 20.3 Å². The molecule has 9 heteroatoms. The number of thiocarbonyl (C=S) groups is 1. The van der Waals surface area contributed by atoms with Crippen LogP contribution in [0.4, 0.5) is 0 Å². The molecule has 0 unspecified atom stereocenters. The monoisotopic (exact) mass is 431 g/mol. The topological polar surface area (TPSA) is 75.8 Å². The van der Waals surface area contributed by atoms with Crippen LogP contribution in [-0.4, -0.2) is 42.1 Å². The minimum absolute atomic E-state index is 0.146. The number of aromatic amines is 1. The molecule has 3 aromatic rings. The molecule has 0 fully saturated rings. The van der Waals surface area contributed by atoms with Gasteiger partial charge in [0.05, 0.1) is 25.2 Å². The Bertz CT molecular complexity index is 1070. The van der Waals surface area contributed by atoms with E-state index in [4.69, 9.17) is 26.4 Å². The number of thiophene rings is 1. The van der Waals surface area contributed by atoms with E-state index < -0.39 is 0 Å². The van der Waals surface area contributed by atoms with E-state index in [0.29, 0.717) is 53.9 Å². The average Bonchev–Trinajstić information content (AvgIpc) is 3.38. The van der Waals surface area contributed by atoms with Crippen LogP contribution in [0.2, 0.25) is 0 Å². The molecule has 0 aliphatic carbocycles. The van der Waals surface area contributed by atoms with Crippen molar-refractivity contribution in [3.8, 4) is 11.5 Å². The van der Waals surface area contributed by atoms with E-state index in [0.717, 1.165) is 5.39 Å². The van der Waals surface area contributed by atoms with Crippen LogP contribution >= 0.6 is 23.6 Å². The van der Waals surface area contributed by atoms with Gasteiger partial charge >= 0.3 is 0 Å². The maximum absolute atomic E-state index is 12.7. The Morgan fingerprint density at radius 1 is 1.31 bits per heavy atom. The number of ether oxygens (including phenoxy) is 3. The molecule has 152 valence electrons. The number of nitrogens with zero attached hydrogens (tertiary/aromatic N) is 1. The highest BCUT2D eigenvalue weighted by Crippen LogP contribution is 2.35. The van der Waals surface area contributed by atoms with Crippen LogP contribution in [0.15, 0.2) is 40.5 Å². The third-order valence-corrected chi connectivity index (χ3v) is 5.84. The van der Waals surface area contributed by atoms with Gasteiger partial charge in [-0.05, 0) is 35.8 Å². The Kier molecular flexibility index (Phi) is 5.98. The first-order chi connectivity index (χ1) is 14.1. The van der Waals surface area contributed by atoms with E-state index >= 15 is 0 Å². The molecule has 0 saturated carbocycles. The molecule has 1 aliphatic rings. The quantitative estimate of drug-likeness (QED) is 0.440. The standard InChI is InChI=1S/C20H21N3O4S2/c1-25-5-4-21-20(28)23(11-15-3-2-6-29-15)10-14-7-13-8-17-18(27-12-26-17)9-16(13)22-19(14)24/h2-3,6-9H,4-5,10-12H2,1H3,(H,21,28)(H,22,24). The first-order valence-electron chi connectivity index (χ1n) is 9.13. The fourth-order valence-corrected chi connectivity index (χ4v) is 4.08. The van der Waals surface area contributed by atoms with Crippen LogP contribution in [0.25, 0.3) is 10.9 Å². The molecule has 3 heterocycles. The Labute approximate surface area is 177 Å². The Balaban J connectivity index is 1.60. The smallest absolute Gasteiger partial charge is 0.253 e. The van der Waals surface area contributed by atoms with E-state index in [9.17, 15) is 4.79 Å². The normalized spacial score (nSPS) is 12.3. The van der Waals surface area contributed by atoms with Crippen molar-refractivity contribution < 1.29 is 14.2 Å². The first kappa shape index (κ1) is 19.7. The molecule has 0 amide bonds. The molecule has 2 aromatic heterocycles. The fourth-order valence-electron chi connectivity index (χ4n) is 3.13. The van der Waals surface area contributed by atoms with Crippen molar-refractivity contribution in [2.45, 2.75) is 13.1 Å². The molecule has 1 aromatic carbocycles. The molecular weight excluding hydrogens is 410 g/mol. The van der Waals surface area contributed by atoms with Crippen molar-refractivity contribution in [2.24, 2.45) is 0 Å². The van der Waals surface area contributed by atoms with Crippen molar-refractivity contribution >= 4 is 39.6 Å². The highest BCUT2D eigenvalue weighted by molar-refractivity contribution is 7.80. The summed E-state index contributed by atoms with van der Waals surface area (Å²) in [4.78, 5) is 18.8. The van der Waals surface area contributed by atoms with E-state index in [1.165, 1.54) is 4.88 Å². The third-order valence-electron chi connectivity index (χ3n) is 4.57. The van der Waals surface area contributed by atoms with Gasteiger partial charge in [0.1, 0.15) is 0 Å². The molecule has 0 spiro atoms. The maximum Gasteiger partial charge on any atom is 0.253 e. The van der Waals surface area contributed by atoms with Gasteiger partial charge < -0.3 is 29.4 Å². The van der Waals surface area contributed by atoms with Crippen LogP contribution in [0.1, 0.15) is 10.4 Å². The van der Waals surface area contributed by atoms with E-state index in [1.807, 2.05) is 28.5 Å². The maximum atomic E-state index is 12.7. The lowest BCUT2D eigenvalue weighted by atomic mass is 10.1. The summed E-state index contributed by atoms with van der Waals surface area (Å²) in [5.74, 6) is 1.33. The largest absolute Gasteiger partial charge is 0.454 e. The Morgan fingerprint density at radius 2 is 2.14 bits per heavy atom. The second kappa shape index (κ2) is 8.81. The molecule has 0 saturated heterocycles. The van der Waals surface area contributed by atoms with Crippen molar-refractivity contribution in [1.82, 2.24) is 15.2 Å². The van der Waals surface area contributed by atoms with Gasteiger partial charge in [0.25, 0.3) is 5.56 Å². The van der Waals surface area contributed by atoms with Crippen molar-refractivity contribution in [3.05, 3.63) is 56.5 Å². The van der Waals surface area contributed by atoms with Gasteiger partial charge in [-0.2, -0.15) is 0 Å². The number of nitrogens with one attached hydrogen (secondary N) is 2. The molecule has 4 rings (SSSR count). The fraction of sp³-hybridized carbons (Fsp3) is 0.300. The lowest BCUT2D eigenvalue weighted by molar-refractivity contribution is 0.174. The lowest BCUT2D eigenvalue weighted by Crippen LogP contribution is -2.41. The Morgan fingerprint density at radius 3 is 2.90 bits per heavy atom. The summed E-state index contributed by atoms with van der Waals surface area (Å²) in [5, 5.41) is 6.69. The predicted octanol–water partition coefficient (Wildman–Crippen LogP) is 2.84. The number of hydrogen-bond donors (Lipinski definition) is 2. The zero-order valence-electron chi connectivity index (χ0n) is 15.9. The number of benzene rings is 1. The van der Waals surface area contributed by atoms with E-state index in [-0.39, 0.29) is 12.4 Å². The summed E-state index contributed by atoms with van der Waals surface area (Å²) < 4.78 is 15.9. The first-order valence-corrected chi connectivity index (χ1v) is 10.4. The third kappa shape index (κ3) is 4.52. The lowest BCUT2D eigenvalue weighted by Gasteiger charge is -2.25. The number of H-pyrrole nitrogens is 1. The summed E-state index contributed by atoms with van der Waals surface area (Å²) in [6, 6.07) is 9.63. The minimum atomic E-state index is -0.146. The zero-order chi connectivity index (χ0) is 20.2. The minimum Gasteiger partial charge on any atom is -0.454 e. The SMILES string of the molecule is COCCNC(=S)N(Cc1cccs1)Cc1cc2cc3c(cc2[nH]c1=O)OCO3. The molecule has 2 N–H and O–H groups in total. The second-order valence-corrected chi connectivity index (χ2v) is 8.00. The van der Waals surface area contributed by atoms with Crippen LogP contribution in [0.3, 0.4) is 0 Å². The van der Waals surface area contributed by atoms with Gasteiger partial charge in [-0.3, -0.25) is 4.79 Å². The molecular formula is C20H21N3O4S2. The van der Waals surface area contributed by atoms with Gasteiger partial charge in [0, 0.05) is 35.5 Å². The number of fused-ring (bicyclic) bond motifs is 2. The number of aromatic nitrogens is 1. The van der Waals surface area contributed by atoms with Crippen molar-refractivity contribution in [2.75, 3.05) is 27.1 Å². The summed E-state index contributed by atoms with van der Waals surface area (Å²) in [7, 11) is 1.65. The number of pyridine rings is 1. The van der Waals surface area contributed by atoms with E-state index in [1.54, 1.807) is 24.5 Å². The van der Waals surface area contributed by atoms with E-state index in [2.05, 4.69) is 16.4 Å². The van der Waals surface area contributed by atoms with Crippen LogP contribution in [0.5, 0.6) is 11.5 Å². The average molecular weight is 432 g/mol. The van der Waals surface area contributed by atoms with Gasteiger partial charge in [0.15, 0.2) is 16.6 Å².